The maximum atomic E-state index is 12.3. The van der Waals surface area contributed by atoms with Crippen molar-refractivity contribution in [2.24, 2.45) is 0 Å². The van der Waals surface area contributed by atoms with Crippen molar-refractivity contribution in [1.29, 1.82) is 0 Å². The van der Waals surface area contributed by atoms with E-state index in [1.54, 1.807) is 24.3 Å². The van der Waals surface area contributed by atoms with Crippen LogP contribution in [0.15, 0.2) is 54.7 Å². The predicted molar refractivity (Wildman–Crippen MR) is 108 cm³/mol. The fourth-order valence-corrected chi connectivity index (χ4v) is 2.88. The maximum absolute atomic E-state index is 12.3. The third kappa shape index (κ3) is 4.97. The van der Waals surface area contributed by atoms with Crippen molar-refractivity contribution in [2.45, 2.75) is 13.3 Å². The Morgan fingerprint density at radius 3 is 2.39 bits per heavy atom. The quantitative estimate of drug-likeness (QED) is 0.474. The molecule has 7 heteroatoms. The molecule has 1 aromatic heterocycles. The number of nitrogens with one attached hydrogen (secondary N) is 4. The van der Waals surface area contributed by atoms with Gasteiger partial charge in [0.2, 0.25) is 11.8 Å². The Hall–Kier alpha value is -3.61. The Morgan fingerprint density at radius 2 is 1.64 bits per heavy atom. The van der Waals surface area contributed by atoms with E-state index in [9.17, 15) is 14.4 Å². The molecule has 2 aromatic carbocycles. The Balaban J connectivity index is 1.53. The number of aromatic nitrogens is 1. The molecule has 144 valence electrons. The summed E-state index contributed by atoms with van der Waals surface area (Å²) in [6, 6.07) is 14.5. The van der Waals surface area contributed by atoms with Crippen LogP contribution in [-0.4, -0.2) is 35.8 Å². The maximum Gasteiger partial charge on any atom is 0.251 e. The molecule has 4 N–H and O–H groups in total. The molecule has 0 saturated heterocycles. The minimum absolute atomic E-state index is 0.128. The molecule has 3 aromatic rings. The number of aromatic amines is 1. The van der Waals surface area contributed by atoms with E-state index >= 15 is 0 Å². The first-order valence-electron chi connectivity index (χ1n) is 9.00. The number of benzene rings is 2. The first-order valence-corrected chi connectivity index (χ1v) is 9.00. The van der Waals surface area contributed by atoms with Crippen molar-refractivity contribution in [1.82, 2.24) is 15.6 Å². The smallest absolute Gasteiger partial charge is 0.251 e. The van der Waals surface area contributed by atoms with E-state index in [0.29, 0.717) is 24.3 Å². The van der Waals surface area contributed by atoms with Gasteiger partial charge in [0, 0.05) is 48.4 Å². The van der Waals surface area contributed by atoms with Gasteiger partial charge in [-0.3, -0.25) is 14.4 Å². The average Bonchev–Trinajstić information content (AvgIpc) is 3.08. The second-order valence-electron chi connectivity index (χ2n) is 6.40. The minimum atomic E-state index is -0.234. The van der Waals surface area contributed by atoms with Gasteiger partial charge in [0.25, 0.3) is 5.91 Å². The number of rotatable bonds is 7. The summed E-state index contributed by atoms with van der Waals surface area (Å²) in [6.45, 7) is 2.15. The van der Waals surface area contributed by atoms with E-state index in [1.165, 1.54) is 6.92 Å². The fraction of sp³-hybridized carbons (Fsp3) is 0.190. The number of para-hydroxylation sites is 1. The van der Waals surface area contributed by atoms with E-state index in [-0.39, 0.29) is 24.1 Å². The first-order chi connectivity index (χ1) is 13.5. The standard InChI is InChI=1S/C21H22N4O3/c1-14(26)22-10-11-23-21(28)15-6-8-17(9-7-15)25-20(27)12-16-13-24-19-5-3-2-4-18(16)19/h2-9,13,24H,10-12H2,1H3,(H,22,26)(H,23,28)(H,25,27). The molecule has 3 rings (SSSR count). The highest BCUT2D eigenvalue weighted by Gasteiger charge is 2.10. The summed E-state index contributed by atoms with van der Waals surface area (Å²) in [6.07, 6.45) is 2.11. The molecule has 0 unspecified atom stereocenters. The van der Waals surface area contributed by atoms with Crippen molar-refractivity contribution >= 4 is 34.3 Å². The van der Waals surface area contributed by atoms with Crippen LogP contribution >= 0.6 is 0 Å². The molecule has 0 bridgehead atoms. The molecule has 0 aliphatic heterocycles. The van der Waals surface area contributed by atoms with Crippen LogP contribution in [0.5, 0.6) is 0 Å². The highest BCUT2D eigenvalue weighted by Crippen LogP contribution is 2.18. The second kappa shape index (κ2) is 8.85. The van der Waals surface area contributed by atoms with Crippen LogP contribution in [0.3, 0.4) is 0 Å². The summed E-state index contributed by atoms with van der Waals surface area (Å²) in [5, 5.41) is 9.20. The van der Waals surface area contributed by atoms with Crippen molar-refractivity contribution in [3.8, 4) is 0 Å². The molecule has 1 heterocycles. The molecule has 0 aliphatic carbocycles. The molecule has 0 spiro atoms. The second-order valence-corrected chi connectivity index (χ2v) is 6.40. The van der Waals surface area contributed by atoms with Gasteiger partial charge in [0.15, 0.2) is 0 Å². The SMILES string of the molecule is CC(=O)NCCNC(=O)c1ccc(NC(=O)Cc2c[nH]c3ccccc23)cc1. The number of anilines is 1. The molecular formula is C21H22N4O3. The van der Waals surface area contributed by atoms with E-state index < -0.39 is 0 Å². The third-order valence-corrected chi connectivity index (χ3v) is 4.24. The summed E-state index contributed by atoms with van der Waals surface area (Å²) in [4.78, 5) is 38.3. The lowest BCUT2D eigenvalue weighted by atomic mass is 10.1. The Bertz CT molecular complexity index is 992. The van der Waals surface area contributed by atoms with Crippen LogP contribution in [0.25, 0.3) is 10.9 Å². The van der Waals surface area contributed by atoms with Crippen molar-refractivity contribution < 1.29 is 14.4 Å². The largest absolute Gasteiger partial charge is 0.361 e. The lowest BCUT2D eigenvalue weighted by molar-refractivity contribution is -0.119. The van der Waals surface area contributed by atoms with Gasteiger partial charge >= 0.3 is 0 Å². The van der Waals surface area contributed by atoms with Gasteiger partial charge in [-0.25, -0.2) is 0 Å². The minimum Gasteiger partial charge on any atom is -0.361 e. The zero-order valence-corrected chi connectivity index (χ0v) is 15.5. The van der Waals surface area contributed by atoms with Gasteiger partial charge < -0.3 is 20.9 Å². The lowest BCUT2D eigenvalue weighted by Crippen LogP contribution is -2.33. The van der Waals surface area contributed by atoms with Crippen molar-refractivity contribution in [3.05, 3.63) is 65.9 Å². The third-order valence-electron chi connectivity index (χ3n) is 4.24. The molecule has 0 fully saturated rings. The number of hydrogen-bond acceptors (Lipinski definition) is 3. The highest BCUT2D eigenvalue weighted by atomic mass is 16.2. The van der Waals surface area contributed by atoms with Gasteiger partial charge in [0.05, 0.1) is 6.42 Å². The first kappa shape index (κ1) is 19.2. The number of hydrogen-bond donors (Lipinski definition) is 4. The molecular weight excluding hydrogens is 356 g/mol. The molecule has 0 saturated carbocycles. The summed E-state index contributed by atoms with van der Waals surface area (Å²) < 4.78 is 0. The van der Waals surface area contributed by atoms with E-state index in [4.69, 9.17) is 0 Å². The van der Waals surface area contributed by atoms with Crippen molar-refractivity contribution in [3.63, 3.8) is 0 Å². The summed E-state index contributed by atoms with van der Waals surface area (Å²) in [7, 11) is 0. The van der Waals surface area contributed by atoms with Gasteiger partial charge in [-0.2, -0.15) is 0 Å². The molecule has 7 nitrogen and oxygen atoms in total. The van der Waals surface area contributed by atoms with E-state index in [2.05, 4.69) is 20.9 Å². The van der Waals surface area contributed by atoms with E-state index in [0.717, 1.165) is 16.5 Å². The van der Waals surface area contributed by atoms with E-state index in [1.807, 2.05) is 30.5 Å². The Kier molecular flexibility index (Phi) is 6.06. The van der Waals surface area contributed by atoms with Crippen LogP contribution in [0.4, 0.5) is 5.69 Å². The van der Waals surface area contributed by atoms with Gasteiger partial charge in [-0.05, 0) is 35.9 Å². The number of amides is 3. The fourth-order valence-electron chi connectivity index (χ4n) is 2.88. The summed E-state index contributed by atoms with van der Waals surface area (Å²) >= 11 is 0. The molecule has 28 heavy (non-hydrogen) atoms. The van der Waals surface area contributed by atoms with Crippen LogP contribution in [0, 0.1) is 0 Å². The lowest BCUT2D eigenvalue weighted by Gasteiger charge is -2.08. The van der Waals surface area contributed by atoms with Crippen LogP contribution < -0.4 is 16.0 Å². The molecule has 0 atom stereocenters. The molecule has 0 aliphatic rings. The highest BCUT2D eigenvalue weighted by molar-refractivity contribution is 5.97. The predicted octanol–water partition coefficient (Wildman–Crippen LogP) is 2.21. The van der Waals surface area contributed by atoms with Gasteiger partial charge in [-0.1, -0.05) is 18.2 Å². The topological polar surface area (TPSA) is 103 Å². The zero-order valence-electron chi connectivity index (χ0n) is 15.5. The van der Waals surface area contributed by atoms with Crippen LogP contribution in [0.2, 0.25) is 0 Å². The summed E-state index contributed by atoms with van der Waals surface area (Å²) in [5.74, 6) is -0.499. The van der Waals surface area contributed by atoms with Crippen LogP contribution in [-0.2, 0) is 16.0 Å². The van der Waals surface area contributed by atoms with Crippen LogP contribution in [0.1, 0.15) is 22.8 Å². The van der Waals surface area contributed by atoms with Gasteiger partial charge in [0.1, 0.15) is 0 Å². The van der Waals surface area contributed by atoms with Gasteiger partial charge in [-0.15, -0.1) is 0 Å². The van der Waals surface area contributed by atoms with Crippen molar-refractivity contribution in [2.75, 3.05) is 18.4 Å². The molecule has 0 radical (unpaired) electrons. The number of H-pyrrole nitrogens is 1. The number of carbonyl (C=O) groups is 3. The normalized spacial score (nSPS) is 10.5. The summed E-state index contributed by atoms with van der Waals surface area (Å²) in [5.41, 5.74) is 3.04. The molecule has 3 amide bonds. The average molecular weight is 378 g/mol. The Morgan fingerprint density at radius 1 is 0.929 bits per heavy atom. The Labute approximate surface area is 162 Å². The number of carbonyl (C=O) groups excluding carboxylic acids is 3. The number of fused-ring (bicyclic) bond motifs is 1. The zero-order chi connectivity index (χ0) is 19.9. The monoisotopic (exact) mass is 378 g/mol.